The number of fused-ring (bicyclic) bond motifs is 1. The van der Waals surface area contributed by atoms with E-state index < -0.39 is 6.03 Å². The zero-order chi connectivity index (χ0) is 27.4. The number of hydrogen-bond acceptors (Lipinski definition) is 8. The minimum Gasteiger partial charge on any atom is -0.495 e. The van der Waals surface area contributed by atoms with Crippen LogP contribution in [0.3, 0.4) is 0 Å². The second kappa shape index (κ2) is 11.4. The number of aromatic nitrogens is 2. The average Bonchev–Trinajstić information content (AvgIpc) is 2.92. The van der Waals surface area contributed by atoms with E-state index in [2.05, 4.69) is 32.5 Å². The number of ether oxygens (including phenoxy) is 3. The van der Waals surface area contributed by atoms with E-state index in [1.54, 1.807) is 12.1 Å². The summed E-state index contributed by atoms with van der Waals surface area (Å²) in [6, 6.07) is 6.37. The Morgan fingerprint density at radius 1 is 1.11 bits per heavy atom. The number of nitrogens with one attached hydrogen (secondary N) is 3. The van der Waals surface area contributed by atoms with Crippen molar-refractivity contribution >= 4 is 63.8 Å². The monoisotopic (exact) mass is 558 g/mol. The predicted octanol–water partition coefficient (Wildman–Crippen LogP) is 5.41. The van der Waals surface area contributed by atoms with Crippen molar-refractivity contribution < 1.29 is 23.8 Å². The van der Waals surface area contributed by atoms with E-state index in [1.165, 1.54) is 37.6 Å². The van der Waals surface area contributed by atoms with Gasteiger partial charge in [-0.2, -0.15) is 0 Å². The summed E-state index contributed by atoms with van der Waals surface area (Å²) < 4.78 is 16.4. The minimum absolute atomic E-state index is 0.110. The summed E-state index contributed by atoms with van der Waals surface area (Å²) in [5, 5.41) is 8.90. The van der Waals surface area contributed by atoms with Crippen molar-refractivity contribution in [2.24, 2.45) is 0 Å². The number of carbonyl (C=O) groups excluding carboxylic acids is 2. The summed E-state index contributed by atoms with van der Waals surface area (Å²) in [6.45, 7) is 5.72. The molecular weight excluding hydrogens is 535 g/mol. The van der Waals surface area contributed by atoms with Gasteiger partial charge in [0.15, 0.2) is 11.6 Å². The molecule has 3 N–H and O–H groups in total. The third kappa shape index (κ3) is 5.24. The fourth-order valence-electron chi connectivity index (χ4n) is 3.73. The van der Waals surface area contributed by atoms with Crippen molar-refractivity contribution in [2.45, 2.75) is 6.92 Å². The number of methoxy groups -OCH3 is 2. The molecule has 0 radical (unpaired) electrons. The molecule has 3 amide bonds. The largest absolute Gasteiger partial charge is 0.495 e. The van der Waals surface area contributed by atoms with Crippen LogP contribution in [0.25, 0.3) is 0 Å². The molecule has 0 aliphatic carbocycles. The maximum absolute atomic E-state index is 13.4. The fourth-order valence-corrected chi connectivity index (χ4v) is 4.33. The molecule has 0 saturated heterocycles. The van der Waals surface area contributed by atoms with Crippen LogP contribution in [-0.4, -0.2) is 49.3 Å². The zero-order valence-corrected chi connectivity index (χ0v) is 22.2. The van der Waals surface area contributed by atoms with Gasteiger partial charge in [-0.1, -0.05) is 41.9 Å². The number of amides is 3. The molecule has 0 spiro atoms. The first-order valence-electron chi connectivity index (χ1n) is 11.2. The molecule has 2 heterocycles. The van der Waals surface area contributed by atoms with Crippen LogP contribution in [0.5, 0.6) is 17.2 Å². The van der Waals surface area contributed by atoms with Crippen molar-refractivity contribution in [3.05, 3.63) is 58.9 Å². The van der Waals surface area contributed by atoms with Crippen molar-refractivity contribution in [3.8, 4) is 17.2 Å². The Labute approximate surface area is 228 Å². The van der Waals surface area contributed by atoms with Crippen LogP contribution in [0.15, 0.2) is 43.2 Å². The van der Waals surface area contributed by atoms with Gasteiger partial charge in [-0.25, -0.2) is 14.8 Å². The van der Waals surface area contributed by atoms with Gasteiger partial charge in [0, 0.05) is 6.07 Å². The topological polar surface area (TPSA) is 127 Å². The molecule has 198 valence electrons. The van der Waals surface area contributed by atoms with Crippen LogP contribution >= 0.6 is 23.2 Å². The lowest BCUT2D eigenvalue weighted by Gasteiger charge is -2.29. The molecular formula is C25H24Cl2N6O5. The van der Waals surface area contributed by atoms with Gasteiger partial charge in [-0.3, -0.25) is 9.69 Å². The van der Waals surface area contributed by atoms with Gasteiger partial charge in [0.25, 0.3) is 0 Å². The maximum atomic E-state index is 13.4. The number of hydrogen-bond donors (Lipinski definition) is 3. The first-order chi connectivity index (χ1) is 18.3. The maximum Gasteiger partial charge on any atom is 0.327 e. The number of aryl methyl sites for hydroxylation is 1. The van der Waals surface area contributed by atoms with Gasteiger partial charge < -0.3 is 30.2 Å². The standard InChI is InChI=1S/C25H24Cl2N6O5/c1-5-17(34)30-14-8-6-7-13(2)20(14)31-23-22-24(29-12-28-23)33(9-10-38-22)25(35)32-21-18(26)15(36-3)11-16(37-4)19(21)27/h5-8,11-12H,1,9-10H2,2-4H3,(H,30,34)(H,32,35)(H,28,29,31). The number of urea groups is 1. The number of carbonyl (C=O) groups is 2. The fraction of sp³-hybridized carbons (Fsp3) is 0.200. The van der Waals surface area contributed by atoms with Crippen molar-refractivity contribution in [1.29, 1.82) is 0 Å². The van der Waals surface area contributed by atoms with Crippen LogP contribution in [0.2, 0.25) is 10.0 Å². The summed E-state index contributed by atoms with van der Waals surface area (Å²) >= 11 is 12.8. The lowest BCUT2D eigenvalue weighted by atomic mass is 10.1. The molecule has 1 aromatic heterocycles. The molecule has 4 rings (SSSR count). The van der Waals surface area contributed by atoms with E-state index in [-0.39, 0.29) is 57.9 Å². The highest BCUT2D eigenvalue weighted by Gasteiger charge is 2.30. The number of halogens is 2. The van der Waals surface area contributed by atoms with Crippen LogP contribution in [0.4, 0.5) is 33.5 Å². The van der Waals surface area contributed by atoms with Crippen molar-refractivity contribution in [1.82, 2.24) is 9.97 Å². The third-order valence-corrected chi connectivity index (χ3v) is 6.36. The Bertz CT molecular complexity index is 1390. The molecule has 13 heteroatoms. The van der Waals surface area contributed by atoms with Gasteiger partial charge in [-0.05, 0) is 24.6 Å². The number of rotatable bonds is 7. The number of benzene rings is 2. The molecule has 38 heavy (non-hydrogen) atoms. The highest BCUT2D eigenvalue weighted by Crippen LogP contribution is 2.45. The van der Waals surface area contributed by atoms with E-state index >= 15 is 0 Å². The molecule has 1 aliphatic rings. The molecule has 2 aromatic carbocycles. The van der Waals surface area contributed by atoms with E-state index in [9.17, 15) is 9.59 Å². The van der Waals surface area contributed by atoms with E-state index in [0.717, 1.165) is 5.56 Å². The SMILES string of the molecule is C=CC(=O)Nc1cccc(C)c1Nc1ncnc2c1OCCN2C(=O)Nc1c(Cl)c(OC)cc(OC)c1Cl. The smallest absolute Gasteiger partial charge is 0.327 e. The third-order valence-electron chi connectivity index (χ3n) is 5.61. The summed E-state index contributed by atoms with van der Waals surface area (Å²) in [6.07, 6.45) is 2.47. The molecule has 1 aliphatic heterocycles. The number of nitrogens with zero attached hydrogens (tertiary/aromatic N) is 3. The normalized spacial score (nSPS) is 12.1. The summed E-state index contributed by atoms with van der Waals surface area (Å²) in [5.41, 5.74) is 2.07. The average molecular weight is 559 g/mol. The molecule has 0 bridgehead atoms. The van der Waals surface area contributed by atoms with E-state index in [1.807, 2.05) is 13.0 Å². The van der Waals surface area contributed by atoms with Gasteiger partial charge in [0.05, 0.1) is 37.8 Å². The van der Waals surface area contributed by atoms with Crippen molar-refractivity contribution in [3.63, 3.8) is 0 Å². The Morgan fingerprint density at radius 3 is 2.47 bits per heavy atom. The highest BCUT2D eigenvalue weighted by atomic mass is 35.5. The second-order valence-corrected chi connectivity index (χ2v) is 8.66. The lowest BCUT2D eigenvalue weighted by Crippen LogP contribution is -2.41. The van der Waals surface area contributed by atoms with Gasteiger partial charge in [0.2, 0.25) is 11.7 Å². The quantitative estimate of drug-likeness (QED) is 0.328. The first-order valence-corrected chi connectivity index (χ1v) is 12.0. The second-order valence-electron chi connectivity index (χ2n) is 7.91. The minimum atomic E-state index is -0.562. The summed E-state index contributed by atoms with van der Waals surface area (Å²) in [7, 11) is 2.87. The summed E-state index contributed by atoms with van der Waals surface area (Å²) in [4.78, 5) is 35.3. The van der Waals surface area contributed by atoms with E-state index in [0.29, 0.717) is 17.2 Å². The first kappa shape index (κ1) is 26.8. The van der Waals surface area contributed by atoms with Gasteiger partial charge in [0.1, 0.15) is 34.5 Å². The molecule has 0 saturated carbocycles. The van der Waals surface area contributed by atoms with Crippen LogP contribution < -0.4 is 35.1 Å². The van der Waals surface area contributed by atoms with Crippen LogP contribution in [0, 0.1) is 6.92 Å². The lowest BCUT2D eigenvalue weighted by molar-refractivity contribution is -0.111. The Balaban J connectivity index is 1.67. The Morgan fingerprint density at radius 2 is 1.82 bits per heavy atom. The van der Waals surface area contributed by atoms with Crippen LogP contribution in [-0.2, 0) is 4.79 Å². The molecule has 0 fully saturated rings. The molecule has 0 atom stereocenters. The van der Waals surface area contributed by atoms with E-state index in [4.69, 9.17) is 37.4 Å². The number of para-hydroxylation sites is 1. The zero-order valence-electron chi connectivity index (χ0n) is 20.7. The Kier molecular flexibility index (Phi) is 8.08. The Hall–Kier alpha value is -4.22. The summed E-state index contributed by atoms with van der Waals surface area (Å²) in [5.74, 6) is 0.954. The van der Waals surface area contributed by atoms with Gasteiger partial charge in [-0.15, -0.1) is 0 Å². The molecule has 3 aromatic rings. The molecule has 0 unspecified atom stereocenters. The van der Waals surface area contributed by atoms with Crippen LogP contribution in [0.1, 0.15) is 5.56 Å². The predicted molar refractivity (Wildman–Crippen MR) is 147 cm³/mol. The molecule has 11 nitrogen and oxygen atoms in total. The highest BCUT2D eigenvalue weighted by molar-refractivity contribution is 6.41. The number of anilines is 5. The van der Waals surface area contributed by atoms with Crippen molar-refractivity contribution in [2.75, 3.05) is 48.2 Å². The van der Waals surface area contributed by atoms with Gasteiger partial charge >= 0.3 is 6.03 Å².